The van der Waals surface area contributed by atoms with Crippen molar-refractivity contribution in [3.63, 3.8) is 0 Å². The minimum Gasteiger partial charge on any atom is -0.506 e. The van der Waals surface area contributed by atoms with Gasteiger partial charge < -0.3 is 14.9 Å². The fourth-order valence-corrected chi connectivity index (χ4v) is 1.83. The average Bonchev–Trinajstić information content (AvgIpc) is 2.17. The van der Waals surface area contributed by atoms with Gasteiger partial charge in [-0.15, -0.1) is 11.8 Å². The van der Waals surface area contributed by atoms with E-state index in [-0.39, 0.29) is 5.75 Å². The molecule has 1 rings (SSSR count). The lowest BCUT2D eigenvalue weighted by Gasteiger charge is -2.12. The summed E-state index contributed by atoms with van der Waals surface area (Å²) in [7, 11) is 1.40. The molecule has 0 saturated carbocycles. The third kappa shape index (κ3) is 2.60. The van der Waals surface area contributed by atoms with E-state index in [1.807, 2.05) is 6.92 Å². The molecule has 0 aliphatic heterocycles. The zero-order chi connectivity index (χ0) is 10.6. The predicted octanol–water partition coefficient (Wildman–Crippen LogP) is 1.54. The first-order valence-corrected chi connectivity index (χ1v) is 5.20. The highest BCUT2D eigenvalue weighted by Crippen LogP contribution is 2.28. The first-order valence-electron chi connectivity index (χ1n) is 4.21. The van der Waals surface area contributed by atoms with Gasteiger partial charge in [-0.2, -0.15) is 0 Å². The van der Waals surface area contributed by atoms with E-state index in [2.05, 4.69) is 4.98 Å². The van der Waals surface area contributed by atoms with Crippen LogP contribution >= 0.6 is 11.8 Å². The number of aromatic nitrogens is 1. The van der Waals surface area contributed by atoms with Crippen LogP contribution in [0.2, 0.25) is 0 Å². The molecule has 0 bridgehead atoms. The minimum absolute atomic E-state index is 0.0907. The van der Waals surface area contributed by atoms with Crippen molar-refractivity contribution in [1.82, 2.24) is 4.98 Å². The summed E-state index contributed by atoms with van der Waals surface area (Å²) in [6.45, 7) is 1.98. The summed E-state index contributed by atoms with van der Waals surface area (Å²) in [5.41, 5.74) is 0.442. The second-order valence-electron chi connectivity index (χ2n) is 2.60. The third-order valence-electron chi connectivity index (χ3n) is 1.62. The van der Waals surface area contributed by atoms with E-state index in [1.54, 1.807) is 6.07 Å². The van der Waals surface area contributed by atoms with Crippen LogP contribution in [-0.2, 0) is 4.74 Å². The molecule has 0 aliphatic rings. The van der Waals surface area contributed by atoms with E-state index in [0.717, 1.165) is 10.6 Å². The van der Waals surface area contributed by atoms with Gasteiger partial charge in [0.2, 0.25) is 0 Å². The lowest BCUT2D eigenvalue weighted by atomic mass is 10.3. The van der Waals surface area contributed by atoms with Crippen LogP contribution < -0.4 is 0 Å². The number of methoxy groups -OCH3 is 1. The van der Waals surface area contributed by atoms with Gasteiger partial charge in [-0.1, -0.05) is 6.92 Å². The number of ether oxygens (including phenoxy) is 1. The van der Waals surface area contributed by atoms with Gasteiger partial charge in [-0.05, 0) is 11.8 Å². The highest BCUT2D eigenvalue weighted by atomic mass is 32.2. The van der Waals surface area contributed by atoms with Gasteiger partial charge in [-0.3, -0.25) is 4.98 Å². The molecule has 0 fully saturated rings. The Balaban J connectivity index is 3.01. The summed E-state index contributed by atoms with van der Waals surface area (Å²) in [5, 5.41) is 18.7. The largest absolute Gasteiger partial charge is 0.506 e. The first-order chi connectivity index (χ1) is 6.69. The molecule has 0 radical (unpaired) electrons. The number of hydrogen-bond donors (Lipinski definition) is 2. The number of thioether (sulfide) groups is 1. The second kappa shape index (κ2) is 5.19. The van der Waals surface area contributed by atoms with Crippen molar-refractivity contribution in [3.8, 4) is 5.75 Å². The number of hydrogen-bond acceptors (Lipinski definition) is 5. The minimum atomic E-state index is -1.04. The Morgan fingerprint density at radius 1 is 1.64 bits per heavy atom. The van der Waals surface area contributed by atoms with E-state index in [9.17, 15) is 10.2 Å². The molecule has 5 heteroatoms. The summed E-state index contributed by atoms with van der Waals surface area (Å²) < 4.78 is 4.76. The van der Waals surface area contributed by atoms with Crippen LogP contribution in [0.1, 0.15) is 18.9 Å². The molecule has 0 spiro atoms. The summed E-state index contributed by atoms with van der Waals surface area (Å²) in [4.78, 5) is 4.66. The molecule has 14 heavy (non-hydrogen) atoms. The van der Waals surface area contributed by atoms with Crippen molar-refractivity contribution in [3.05, 3.63) is 18.0 Å². The highest BCUT2D eigenvalue weighted by molar-refractivity contribution is 7.99. The van der Waals surface area contributed by atoms with Crippen LogP contribution in [0.5, 0.6) is 5.75 Å². The van der Waals surface area contributed by atoms with Gasteiger partial charge in [0, 0.05) is 12.0 Å². The lowest BCUT2D eigenvalue weighted by Crippen LogP contribution is -2.04. The van der Waals surface area contributed by atoms with Crippen molar-refractivity contribution < 1.29 is 14.9 Å². The molecule has 1 atom stereocenters. The Kier molecular flexibility index (Phi) is 4.19. The van der Waals surface area contributed by atoms with E-state index >= 15 is 0 Å². The van der Waals surface area contributed by atoms with Gasteiger partial charge in [0.15, 0.2) is 6.29 Å². The van der Waals surface area contributed by atoms with Crippen molar-refractivity contribution in [1.29, 1.82) is 0 Å². The summed E-state index contributed by atoms with van der Waals surface area (Å²) in [6, 6.07) is 1.57. The number of aromatic hydroxyl groups is 1. The smallest absolute Gasteiger partial charge is 0.199 e. The fraction of sp³-hybridized carbons (Fsp3) is 0.444. The van der Waals surface area contributed by atoms with Gasteiger partial charge in [0.05, 0.1) is 6.20 Å². The third-order valence-corrected chi connectivity index (χ3v) is 2.55. The molecule has 1 aromatic heterocycles. The molecule has 0 aromatic carbocycles. The van der Waals surface area contributed by atoms with Crippen molar-refractivity contribution in [2.24, 2.45) is 0 Å². The molecule has 0 aliphatic carbocycles. The van der Waals surface area contributed by atoms with E-state index in [1.165, 1.54) is 25.1 Å². The average molecular weight is 215 g/mol. The number of nitrogens with zero attached hydrogens (tertiary/aromatic N) is 1. The van der Waals surface area contributed by atoms with E-state index < -0.39 is 6.29 Å². The Morgan fingerprint density at radius 3 is 2.93 bits per heavy atom. The SMILES string of the molecule is CCSc1cc(O)cnc1C(O)OC. The number of aliphatic hydroxyl groups excluding tert-OH is 1. The first kappa shape index (κ1) is 11.3. The van der Waals surface area contributed by atoms with Crippen molar-refractivity contribution in [2.45, 2.75) is 18.1 Å². The van der Waals surface area contributed by atoms with E-state index in [0.29, 0.717) is 5.69 Å². The van der Waals surface area contributed by atoms with Gasteiger partial charge >= 0.3 is 0 Å². The maximum absolute atomic E-state index is 9.45. The van der Waals surface area contributed by atoms with Crippen LogP contribution in [0, 0.1) is 0 Å². The Hall–Kier alpha value is -0.780. The Morgan fingerprint density at radius 2 is 2.36 bits per heavy atom. The number of pyridine rings is 1. The monoisotopic (exact) mass is 215 g/mol. The van der Waals surface area contributed by atoms with E-state index in [4.69, 9.17) is 4.74 Å². The molecule has 2 N–H and O–H groups in total. The van der Waals surface area contributed by atoms with Crippen molar-refractivity contribution >= 4 is 11.8 Å². The molecule has 1 heterocycles. The summed E-state index contributed by atoms with van der Waals surface area (Å²) in [5.74, 6) is 0.933. The quantitative estimate of drug-likeness (QED) is 0.589. The maximum atomic E-state index is 9.45. The fourth-order valence-electron chi connectivity index (χ4n) is 1.01. The topological polar surface area (TPSA) is 62.6 Å². The molecule has 1 unspecified atom stereocenters. The van der Waals surface area contributed by atoms with Crippen LogP contribution in [0.3, 0.4) is 0 Å². The number of aliphatic hydroxyl groups is 1. The van der Waals surface area contributed by atoms with Crippen LogP contribution in [-0.4, -0.2) is 28.1 Å². The van der Waals surface area contributed by atoms with Crippen molar-refractivity contribution in [2.75, 3.05) is 12.9 Å². The zero-order valence-electron chi connectivity index (χ0n) is 8.10. The second-order valence-corrected chi connectivity index (χ2v) is 3.90. The molecule has 4 nitrogen and oxygen atoms in total. The van der Waals surface area contributed by atoms with Crippen LogP contribution in [0.15, 0.2) is 17.2 Å². The molecule has 0 amide bonds. The molecular weight excluding hydrogens is 202 g/mol. The van der Waals surface area contributed by atoms with Gasteiger partial charge in [-0.25, -0.2) is 0 Å². The highest BCUT2D eigenvalue weighted by Gasteiger charge is 2.13. The molecular formula is C9H13NO3S. The standard InChI is InChI=1S/C9H13NO3S/c1-3-14-7-4-6(11)5-10-8(7)9(12)13-2/h4-5,9,11-12H,3H2,1-2H3. The Bertz CT molecular complexity index is 306. The summed E-state index contributed by atoms with van der Waals surface area (Å²) in [6.07, 6.45) is 0.252. The normalized spacial score (nSPS) is 12.8. The summed E-state index contributed by atoms with van der Waals surface area (Å²) >= 11 is 1.50. The van der Waals surface area contributed by atoms with Crippen LogP contribution in [0.4, 0.5) is 0 Å². The molecule has 78 valence electrons. The maximum Gasteiger partial charge on any atom is 0.199 e. The van der Waals surface area contributed by atoms with Gasteiger partial charge in [0.25, 0.3) is 0 Å². The van der Waals surface area contributed by atoms with Crippen LogP contribution in [0.25, 0.3) is 0 Å². The zero-order valence-corrected chi connectivity index (χ0v) is 8.91. The Labute approximate surface area is 86.9 Å². The molecule has 1 aromatic rings. The predicted molar refractivity (Wildman–Crippen MR) is 54.3 cm³/mol. The lowest BCUT2D eigenvalue weighted by molar-refractivity contribution is -0.0818. The van der Waals surface area contributed by atoms with Gasteiger partial charge in [0.1, 0.15) is 11.4 Å². The number of rotatable bonds is 4. The molecule has 0 saturated heterocycles.